The van der Waals surface area contributed by atoms with Gasteiger partial charge in [0.1, 0.15) is 6.04 Å². The van der Waals surface area contributed by atoms with Crippen molar-refractivity contribution in [3.05, 3.63) is 71.3 Å². The van der Waals surface area contributed by atoms with Crippen LogP contribution in [0.15, 0.2) is 54.6 Å². The highest BCUT2D eigenvalue weighted by Gasteiger charge is 2.39. The van der Waals surface area contributed by atoms with Crippen LogP contribution in [0.2, 0.25) is 0 Å². The summed E-state index contributed by atoms with van der Waals surface area (Å²) in [6, 6.07) is 14.4. The first kappa shape index (κ1) is 20.6. The molecule has 2 aromatic carbocycles. The van der Waals surface area contributed by atoms with Gasteiger partial charge in [0.05, 0.1) is 17.5 Å². The van der Waals surface area contributed by atoms with Crippen LogP contribution in [0.3, 0.4) is 0 Å². The van der Waals surface area contributed by atoms with E-state index in [-0.39, 0.29) is 23.5 Å². The quantitative estimate of drug-likeness (QED) is 0.669. The zero-order valence-corrected chi connectivity index (χ0v) is 16.6. The molecule has 3 rings (SSSR count). The molecule has 8 heteroatoms. The van der Waals surface area contributed by atoms with Crippen LogP contribution in [0.4, 0.5) is 0 Å². The fraction of sp³-hybridized carbons (Fsp3) is 0.238. The Labute approximate surface area is 172 Å². The highest BCUT2D eigenvalue weighted by atomic mass is 32.2. The molecule has 2 aromatic rings. The molecule has 0 aromatic heterocycles. The first-order valence-corrected chi connectivity index (χ1v) is 10.4. The van der Waals surface area contributed by atoms with E-state index in [0.29, 0.717) is 17.2 Å². The number of benzene rings is 2. The number of nitrogens with zero attached hydrogens (tertiary/aromatic N) is 1. The van der Waals surface area contributed by atoms with E-state index in [4.69, 9.17) is 4.84 Å². The van der Waals surface area contributed by atoms with Gasteiger partial charge in [0, 0.05) is 0 Å². The topological polar surface area (TPSA) is 92.8 Å². The molecular weight excluding hydrogens is 392 g/mol. The molecule has 1 aliphatic heterocycles. The summed E-state index contributed by atoms with van der Waals surface area (Å²) in [5.41, 5.74) is 1.17. The van der Waals surface area contributed by atoms with E-state index in [1.807, 2.05) is 36.6 Å². The second-order valence-electron chi connectivity index (χ2n) is 6.42. The Balaban J connectivity index is 1.67. The first-order valence-electron chi connectivity index (χ1n) is 9.03. The number of thioether (sulfide) groups is 1. The molecule has 1 aliphatic rings. The SMILES string of the molecule is CSCCC(NC(=O)Cc1ccccc1)C(=O)ON1C(=O)c2ccccc2C1=O. The molecular formula is C21H20N2O5S. The summed E-state index contributed by atoms with van der Waals surface area (Å²) in [4.78, 5) is 54.9. The van der Waals surface area contributed by atoms with Gasteiger partial charge >= 0.3 is 5.97 Å². The smallest absolute Gasteiger partial charge is 0.342 e. The van der Waals surface area contributed by atoms with E-state index in [9.17, 15) is 19.2 Å². The average molecular weight is 412 g/mol. The van der Waals surface area contributed by atoms with Crippen LogP contribution < -0.4 is 5.32 Å². The molecule has 0 spiro atoms. The Bertz CT molecular complexity index is 897. The largest absolute Gasteiger partial charge is 0.355 e. The molecule has 3 amide bonds. The van der Waals surface area contributed by atoms with Gasteiger partial charge in [0.2, 0.25) is 5.91 Å². The Morgan fingerprint density at radius 3 is 2.17 bits per heavy atom. The zero-order valence-electron chi connectivity index (χ0n) is 15.8. The van der Waals surface area contributed by atoms with Crippen molar-refractivity contribution in [2.24, 2.45) is 0 Å². The fourth-order valence-corrected chi connectivity index (χ4v) is 3.39. The van der Waals surface area contributed by atoms with Gasteiger partial charge in [0.25, 0.3) is 11.8 Å². The summed E-state index contributed by atoms with van der Waals surface area (Å²) in [5, 5.41) is 3.11. The number of rotatable bonds is 8. The second kappa shape index (κ2) is 9.38. The maximum atomic E-state index is 12.6. The van der Waals surface area contributed by atoms with Crippen molar-refractivity contribution >= 4 is 35.5 Å². The number of hydrogen-bond acceptors (Lipinski definition) is 6. The standard InChI is InChI=1S/C21H20N2O5S/c1-29-12-11-17(22-18(24)13-14-7-3-2-4-8-14)21(27)28-23-19(25)15-9-5-6-10-16(15)20(23)26/h2-10,17H,11-13H2,1H3,(H,22,24). The molecule has 0 saturated heterocycles. The number of amides is 3. The van der Waals surface area contributed by atoms with E-state index in [1.54, 1.807) is 12.1 Å². The molecule has 1 atom stereocenters. The Morgan fingerprint density at radius 2 is 1.59 bits per heavy atom. The lowest BCUT2D eigenvalue weighted by molar-refractivity contribution is -0.171. The van der Waals surface area contributed by atoms with Crippen LogP contribution in [0.1, 0.15) is 32.7 Å². The van der Waals surface area contributed by atoms with Gasteiger partial charge in [-0.3, -0.25) is 14.4 Å². The van der Waals surface area contributed by atoms with Crippen LogP contribution in [0.5, 0.6) is 0 Å². The molecule has 1 unspecified atom stereocenters. The van der Waals surface area contributed by atoms with Crippen molar-refractivity contribution in [2.75, 3.05) is 12.0 Å². The molecule has 29 heavy (non-hydrogen) atoms. The number of imide groups is 1. The Hall–Kier alpha value is -3.13. The summed E-state index contributed by atoms with van der Waals surface area (Å²) >= 11 is 1.51. The van der Waals surface area contributed by atoms with Crippen molar-refractivity contribution in [3.63, 3.8) is 0 Å². The maximum Gasteiger partial charge on any atom is 0.355 e. The Morgan fingerprint density at radius 1 is 1.00 bits per heavy atom. The molecule has 0 saturated carbocycles. The van der Waals surface area contributed by atoms with Gasteiger partial charge in [-0.25, -0.2) is 4.79 Å². The molecule has 0 radical (unpaired) electrons. The molecule has 7 nitrogen and oxygen atoms in total. The fourth-order valence-electron chi connectivity index (χ4n) is 2.91. The van der Waals surface area contributed by atoms with Crippen molar-refractivity contribution in [1.82, 2.24) is 10.4 Å². The molecule has 150 valence electrons. The van der Waals surface area contributed by atoms with Crippen molar-refractivity contribution < 1.29 is 24.0 Å². The van der Waals surface area contributed by atoms with Crippen LogP contribution in [-0.4, -0.2) is 46.8 Å². The van der Waals surface area contributed by atoms with Crippen LogP contribution >= 0.6 is 11.8 Å². The van der Waals surface area contributed by atoms with Crippen LogP contribution in [-0.2, 0) is 20.8 Å². The van der Waals surface area contributed by atoms with Gasteiger partial charge in [-0.1, -0.05) is 47.5 Å². The molecule has 1 N–H and O–H groups in total. The highest BCUT2D eigenvalue weighted by Crippen LogP contribution is 2.23. The summed E-state index contributed by atoms with van der Waals surface area (Å²) in [6.45, 7) is 0. The predicted molar refractivity (Wildman–Crippen MR) is 108 cm³/mol. The predicted octanol–water partition coefficient (Wildman–Crippen LogP) is 2.22. The minimum absolute atomic E-state index is 0.108. The van der Waals surface area contributed by atoms with Crippen LogP contribution in [0, 0.1) is 0 Å². The average Bonchev–Trinajstić information content (AvgIpc) is 2.97. The lowest BCUT2D eigenvalue weighted by Gasteiger charge is -2.20. The third kappa shape index (κ3) is 4.83. The van der Waals surface area contributed by atoms with Gasteiger partial charge in [-0.15, -0.1) is 0 Å². The van der Waals surface area contributed by atoms with E-state index in [1.165, 1.54) is 23.9 Å². The van der Waals surface area contributed by atoms with Gasteiger partial charge in [-0.2, -0.15) is 11.8 Å². The van der Waals surface area contributed by atoms with Crippen molar-refractivity contribution in [3.8, 4) is 0 Å². The summed E-state index contributed by atoms with van der Waals surface area (Å²) in [5.74, 6) is -2.00. The van der Waals surface area contributed by atoms with Crippen molar-refractivity contribution in [1.29, 1.82) is 0 Å². The van der Waals surface area contributed by atoms with Crippen LogP contribution in [0.25, 0.3) is 0 Å². The third-order valence-electron chi connectivity index (χ3n) is 4.38. The summed E-state index contributed by atoms with van der Waals surface area (Å²) in [7, 11) is 0. The molecule has 1 heterocycles. The van der Waals surface area contributed by atoms with E-state index >= 15 is 0 Å². The molecule has 0 fully saturated rings. The number of carbonyl (C=O) groups excluding carboxylic acids is 4. The van der Waals surface area contributed by atoms with E-state index in [0.717, 1.165) is 5.56 Å². The van der Waals surface area contributed by atoms with Gasteiger partial charge in [0.15, 0.2) is 0 Å². The Kier molecular flexibility index (Phi) is 6.66. The highest BCUT2D eigenvalue weighted by molar-refractivity contribution is 7.98. The van der Waals surface area contributed by atoms with Crippen molar-refractivity contribution in [2.45, 2.75) is 18.9 Å². The zero-order chi connectivity index (χ0) is 20.8. The summed E-state index contributed by atoms with van der Waals surface area (Å²) in [6.07, 6.45) is 2.29. The number of hydrogen-bond donors (Lipinski definition) is 1. The monoisotopic (exact) mass is 412 g/mol. The second-order valence-corrected chi connectivity index (χ2v) is 7.41. The third-order valence-corrected chi connectivity index (χ3v) is 5.02. The summed E-state index contributed by atoms with van der Waals surface area (Å²) < 4.78 is 0. The lowest BCUT2D eigenvalue weighted by Crippen LogP contribution is -2.46. The minimum Gasteiger partial charge on any atom is -0.342 e. The van der Waals surface area contributed by atoms with Gasteiger partial charge < -0.3 is 10.2 Å². The number of hydroxylamine groups is 2. The molecule has 0 aliphatic carbocycles. The minimum atomic E-state index is -0.969. The van der Waals surface area contributed by atoms with E-state index < -0.39 is 23.8 Å². The number of carbonyl (C=O) groups is 4. The molecule has 0 bridgehead atoms. The normalized spacial score (nSPS) is 13.8. The maximum absolute atomic E-state index is 12.6. The number of nitrogens with one attached hydrogen (secondary N) is 1. The first-order chi connectivity index (χ1) is 14.0. The van der Waals surface area contributed by atoms with Gasteiger partial charge in [-0.05, 0) is 36.1 Å². The number of fused-ring (bicyclic) bond motifs is 1. The van der Waals surface area contributed by atoms with E-state index in [2.05, 4.69) is 5.32 Å². The lowest BCUT2D eigenvalue weighted by atomic mass is 10.1.